The van der Waals surface area contributed by atoms with E-state index in [2.05, 4.69) is 0 Å². The van der Waals surface area contributed by atoms with Gasteiger partial charge in [0.15, 0.2) is 6.29 Å². The van der Waals surface area contributed by atoms with E-state index in [4.69, 9.17) is 14.9 Å². The van der Waals surface area contributed by atoms with Crippen LogP contribution in [0, 0.1) is 5.41 Å². The van der Waals surface area contributed by atoms with Gasteiger partial charge in [-0.3, -0.25) is 0 Å². The van der Waals surface area contributed by atoms with Crippen molar-refractivity contribution in [2.45, 2.75) is 19.8 Å². The third kappa shape index (κ3) is 3.28. The van der Waals surface area contributed by atoms with Gasteiger partial charge in [-0.1, -0.05) is 37.3 Å². The van der Waals surface area contributed by atoms with Gasteiger partial charge < -0.3 is 20.1 Å². The molecular formula is C12H18O4. The van der Waals surface area contributed by atoms with Crippen molar-refractivity contribution >= 4 is 0 Å². The van der Waals surface area contributed by atoms with Crippen LogP contribution in [0.2, 0.25) is 0 Å². The molecule has 0 saturated carbocycles. The Hall–Kier alpha value is -0.940. The van der Waals surface area contributed by atoms with E-state index < -0.39 is 11.7 Å². The number of aliphatic hydroxyl groups is 3. The van der Waals surface area contributed by atoms with E-state index in [1.54, 1.807) is 6.92 Å². The van der Waals surface area contributed by atoms with Gasteiger partial charge in [-0.05, 0) is 5.56 Å². The van der Waals surface area contributed by atoms with E-state index >= 15 is 0 Å². The van der Waals surface area contributed by atoms with Crippen LogP contribution in [0.25, 0.3) is 0 Å². The lowest BCUT2D eigenvalue weighted by atomic mass is 9.92. The predicted octanol–water partition coefficient (Wildman–Crippen LogP) is 0.512. The highest BCUT2D eigenvalue weighted by Crippen LogP contribution is 2.21. The van der Waals surface area contributed by atoms with Crippen molar-refractivity contribution in [2.24, 2.45) is 5.41 Å². The van der Waals surface area contributed by atoms with Crippen LogP contribution < -0.4 is 0 Å². The molecule has 1 aromatic rings. The topological polar surface area (TPSA) is 69.9 Å². The first-order valence-electron chi connectivity index (χ1n) is 5.18. The van der Waals surface area contributed by atoms with Crippen LogP contribution in [-0.4, -0.2) is 34.8 Å². The summed E-state index contributed by atoms with van der Waals surface area (Å²) in [5, 5.41) is 27.8. The Labute approximate surface area is 95.1 Å². The largest absolute Gasteiger partial charge is 0.396 e. The maximum absolute atomic E-state index is 9.69. The van der Waals surface area contributed by atoms with E-state index in [0.29, 0.717) is 0 Å². The Morgan fingerprint density at radius 3 is 2.25 bits per heavy atom. The summed E-state index contributed by atoms with van der Waals surface area (Å²) in [5.41, 5.74) is -0.103. The molecule has 1 unspecified atom stereocenters. The highest BCUT2D eigenvalue weighted by Gasteiger charge is 2.32. The quantitative estimate of drug-likeness (QED) is 0.618. The van der Waals surface area contributed by atoms with Gasteiger partial charge in [-0.25, -0.2) is 0 Å². The van der Waals surface area contributed by atoms with Crippen LogP contribution in [0.5, 0.6) is 0 Å². The Bertz CT molecular complexity index is 295. The first kappa shape index (κ1) is 13.1. The molecule has 0 aliphatic heterocycles. The molecule has 4 heteroatoms. The van der Waals surface area contributed by atoms with Crippen LogP contribution >= 0.6 is 0 Å². The molecule has 0 amide bonds. The van der Waals surface area contributed by atoms with Crippen molar-refractivity contribution in [3.8, 4) is 0 Å². The molecule has 0 fully saturated rings. The maximum atomic E-state index is 9.69. The first-order valence-corrected chi connectivity index (χ1v) is 5.18. The van der Waals surface area contributed by atoms with Gasteiger partial charge in [-0.2, -0.15) is 0 Å². The molecule has 4 nitrogen and oxygen atoms in total. The average Bonchev–Trinajstić information content (AvgIpc) is 2.36. The van der Waals surface area contributed by atoms with Crippen LogP contribution in [-0.2, 0) is 11.3 Å². The SMILES string of the molecule is CC(CO)(CO)C(O)OCc1ccccc1. The summed E-state index contributed by atoms with van der Waals surface area (Å²) in [6.07, 6.45) is -1.19. The summed E-state index contributed by atoms with van der Waals surface area (Å²) < 4.78 is 5.21. The van der Waals surface area contributed by atoms with Crippen molar-refractivity contribution in [1.82, 2.24) is 0 Å². The summed E-state index contributed by atoms with van der Waals surface area (Å²) in [6.45, 7) is 1.14. The predicted molar refractivity (Wildman–Crippen MR) is 59.5 cm³/mol. The molecule has 0 aromatic heterocycles. The minimum Gasteiger partial charge on any atom is -0.396 e. The number of hydrogen-bond acceptors (Lipinski definition) is 4. The highest BCUT2D eigenvalue weighted by atomic mass is 16.6. The van der Waals surface area contributed by atoms with Gasteiger partial charge in [-0.15, -0.1) is 0 Å². The Morgan fingerprint density at radius 1 is 1.19 bits per heavy atom. The summed E-state index contributed by atoms with van der Waals surface area (Å²) in [4.78, 5) is 0. The van der Waals surface area contributed by atoms with E-state index in [1.165, 1.54) is 0 Å². The Kier molecular flexibility index (Phi) is 4.89. The molecular weight excluding hydrogens is 208 g/mol. The second-order valence-electron chi connectivity index (χ2n) is 4.12. The zero-order valence-electron chi connectivity index (χ0n) is 9.34. The molecule has 1 rings (SSSR count). The molecule has 0 spiro atoms. The normalized spacial score (nSPS) is 13.8. The third-order valence-electron chi connectivity index (χ3n) is 2.57. The van der Waals surface area contributed by atoms with Crippen molar-refractivity contribution in [3.63, 3.8) is 0 Å². The zero-order valence-corrected chi connectivity index (χ0v) is 9.34. The Morgan fingerprint density at radius 2 is 1.75 bits per heavy atom. The number of benzene rings is 1. The van der Waals surface area contributed by atoms with Crippen molar-refractivity contribution in [3.05, 3.63) is 35.9 Å². The minimum absolute atomic E-state index is 0.248. The molecule has 3 N–H and O–H groups in total. The van der Waals surface area contributed by atoms with Crippen molar-refractivity contribution in [1.29, 1.82) is 0 Å². The Balaban J connectivity index is 2.49. The average molecular weight is 226 g/mol. The third-order valence-corrected chi connectivity index (χ3v) is 2.57. The molecule has 1 aromatic carbocycles. The van der Waals surface area contributed by atoms with Gasteiger partial charge in [0, 0.05) is 0 Å². The van der Waals surface area contributed by atoms with E-state index in [-0.39, 0.29) is 19.8 Å². The number of aliphatic hydroxyl groups excluding tert-OH is 3. The lowest BCUT2D eigenvalue weighted by Gasteiger charge is -2.30. The zero-order chi connectivity index (χ0) is 12.0. The van der Waals surface area contributed by atoms with Gasteiger partial charge in [0.2, 0.25) is 0 Å². The maximum Gasteiger partial charge on any atom is 0.164 e. The fourth-order valence-electron chi connectivity index (χ4n) is 1.16. The molecule has 0 saturated heterocycles. The van der Waals surface area contributed by atoms with E-state index in [1.807, 2.05) is 30.3 Å². The lowest BCUT2D eigenvalue weighted by molar-refractivity contribution is -0.199. The van der Waals surface area contributed by atoms with Gasteiger partial charge in [0.25, 0.3) is 0 Å². The van der Waals surface area contributed by atoms with Crippen LogP contribution in [0.4, 0.5) is 0 Å². The molecule has 0 heterocycles. The van der Waals surface area contributed by atoms with E-state index in [0.717, 1.165) is 5.56 Å². The number of rotatable bonds is 6. The number of hydrogen-bond donors (Lipinski definition) is 3. The van der Waals surface area contributed by atoms with Crippen LogP contribution in [0.1, 0.15) is 12.5 Å². The molecule has 16 heavy (non-hydrogen) atoms. The smallest absolute Gasteiger partial charge is 0.164 e. The lowest BCUT2D eigenvalue weighted by Crippen LogP contribution is -2.40. The second-order valence-corrected chi connectivity index (χ2v) is 4.12. The van der Waals surface area contributed by atoms with E-state index in [9.17, 15) is 5.11 Å². The molecule has 0 radical (unpaired) electrons. The fourth-order valence-corrected chi connectivity index (χ4v) is 1.16. The van der Waals surface area contributed by atoms with Gasteiger partial charge in [0.1, 0.15) is 0 Å². The van der Waals surface area contributed by atoms with Crippen LogP contribution in [0.3, 0.4) is 0 Å². The van der Waals surface area contributed by atoms with Crippen molar-refractivity contribution in [2.75, 3.05) is 13.2 Å². The number of ether oxygens (including phenoxy) is 1. The molecule has 0 aliphatic carbocycles. The fraction of sp³-hybridized carbons (Fsp3) is 0.500. The van der Waals surface area contributed by atoms with Crippen LogP contribution in [0.15, 0.2) is 30.3 Å². The molecule has 90 valence electrons. The first-order chi connectivity index (χ1) is 7.62. The summed E-state index contributed by atoms with van der Waals surface area (Å²) in [5.74, 6) is 0. The van der Waals surface area contributed by atoms with Crippen molar-refractivity contribution < 1.29 is 20.1 Å². The molecule has 0 aliphatic rings. The monoisotopic (exact) mass is 226 g/mol. The summed E-state index contributed by atoms with van der Waals surface area (Å²) >= 11 is 0. The van der Waals surface area contributed by atoms with Gasteiger partial charge >= 0.3 is 0 Å². The molecule has 1 atom stereocenters. The minimum atomic E-state index is -1.19. The standard InChI is InChI=1S/C12H18O4/c1-12(8-13,9-14)11(15)16-7-10-5-3-2-4-6-10/h2-6,11,13-15H,7-9H2,1H3. The van der Waals surface area contributed by atoms with Gasteiger partial charge in [0.05, 0.1) is 25.2 Å². The highest BCUT2D eigenvalue weighted by molar-refractivity contribution is 5.13. The summed E-state index contributed by atoms with van der Waals surface area (Å²) in [6, 6.07) is 9.40. The molecule has 0 bridgehead atoms. The second kappa shape index (κ2) is 5.96. The summed E-state index contributed by atoms with van der Waals surface area (Å²) in [7, 11) is 0.